The van der Waals surface area contributed by atoms with Crippen LogP contribution < -0.4 is 15.6 Å². The minimum atomic E-state index is -0.460. The van der Waals surface area contributed by atoms with Crippen molar-refractivity contribution in [2.24, 2.45) is 0 Å². The summed E-state index contributed by atoms with van der Waals surface area (Å²) in [6.45, 7) is 6.24. The molecule has 0 bridgehead atoms. The normalized spacial score (nSPS) is 11.0. The highest BCUT2D eigenvalue weighted by Gasteiger charge is 2.13. The molecule has 0 aliphatic carbocycles. The molecule has 6 heteroatoms. The molecule has 2 amide bonds. The van der Waals surface area contributed by atoms with E-state index in [2.05, 4.69) is 43.8 Å². The summed E-state index contributed by atoms with van der Waals surface area (Å²) in [6, 6.07) is 15.1. The number of hydrazine groups is 1. The summed E-state index contributed by atoms with van der Waals surface area (Å²) >= 11 is 5.94. The zero-order valence-electron chi connectivity index (χ0n) is 15.8. The average molecular weight is 389 g/mol. The van der Waals surface area contributed by atoms with Crippen LogP contribution >= 0.6 is 11.6 Å². The molecule has 0 saturated heterocycles. The SMILES string of the molecule is CC(C)(C)c1ccc(CCC(=O)NNC(=O)COc2ccccc2Cl)cc1. The lowest BCUT2D eigenvalue weighted by Gasteiger charge is -2.19. The second-order valence-corrected chi connectivity index (χ2v) is 7.67. The van der Waals surface area contributed by atoms with Crippen molar-refractivity contribution in [3.63, 3.8) is 0 Å². The molecule has 2 N–H and O–H groups in total. The zero-order valence-corrected chi connectivity index (χ0v) is 16.6. The zero-order chi connectivity index (χ0) is 19.9. The van der Waals surface area contributed by atoms with Crippen molar-refractivity contribution in [1.82, 2.24) is 10.9 Å². The molecule has 144 valence electrons. The Morgan fingerprint density at radius 3 is 2.22 bits per heavy atom. The number of hydrogen-bond donors (Lipinski definition) is 2. The number of carbonyl (C=O) groups is 2. The number of para-hydroxylation sites is 1. The van der Waals surface area contributed by atoms with Crippen molar-refractivity contribution in [2.75, 3.05) is 6.61 Å². The Morgan fingerprint density at radius 1 is 0.963 bits per heavy atom. The molecule has 2 rings (SSSR count). The average Bonchev–Trinajstić information content (AvgIpc) is 2.63. The van der Waals surface area contributed by atoms with Gasteiger partial charge < -0.3 is 4.74 Å². The van der Waals surface area contributed by atoms with Gasteiger partial charge in [0, 0.05) is 6.42 Å². The summed E-state index contributed by atoms with van der Waals surface area (Å²) in [5, 5.41) is 0.423. The van der Waals surface area contributed by atoms with Crippen LogP contribution in [-0.2, 0) is 21.4 Å². The highest BCUT2D eigenvalue weighted by molar-refractivity contribution is 6.32. The number of halogens is 1. The quantitative estimate of drug-likeness (QED) is 0.739. The second kappa shape index (κ2) is 9.42. The van der Waals surface area contributed by atoms with E-state index in [0.717, 1.165) is 5.56 Å². The lowest BCUT2D eigenvalue weighted by atomic mass is 9.86. The van der Waals surface area contributed by atoms with Crippen molar-refractivity contribution in [1.29, 1.82) is 0 Å². The van der Waals surface area contributed by atoms with Gasteiger partial charge in [-0.15, -0.1) is 0 Å². The van der Waals surface area contributed by atoms with Gasteiger partial charge in [0.15, 0.2) is 6.61 Å². The summed E-state index contributed by atoms with van der Waals surface area (Å²) in [6.07, 6.45) is 0.878. The topological polar surface area (TPSA) is 67.4 Å². The van der Waals surface area contributed by atoms with Crippen molar-refractivity contribution in [3.05, 3.63) is 64.7 Å². The van der Waals surface area contributed by atoms with Gasteiger partial charge in [-0.25, -0.2) is 0 Å². The van der Waals surface area contributed by atoms with E-state index in [4.69, 9.17) is 16.3 Å². The first-order valence-electron chi connectivity index (χ1n) is 8.80. The fourth-order valence-electron chi connectivity index (χ4n) is 2.37. The standard InChI is InChI=1S/C21H25ClN2O3/c1-21(2,3)16-11-8-15(9-12-16)10-13-19(25)23-24-20(26)14-27-18-7-5-4-6-17(18)22/h4-9,11-12H,10,13-14H2,1-3H3,(H,23,25)(H,24,26). The highest BCUT2D eigenvalue weighted by Crippen LogP contribution is 2.23. The largest absolute Gasteiger partial charge is 0.482 e. The Hall–Kier alpha value is -2.53. The maximum Gasteiger partial charge on any atom is 0.276 e. The molecular formula is C21H25ClN2O3. The minimum absolute atomic E-state index is 0.103. The molecule has 0 heterocycles. The van der Waals surface area contributed by atoms with Gasteiger partial charge in [-0.3, -0.25) is 20.4 Å². The Balaban J connectivity index is 1.70. The van der Waals surface area contributed by atoms with Gasteiger partial charge in [0.05, 0.1) is 5.02 Å². The van der Waals surface area contributed by atoms with Gasteiger partial charge in [-0.1, -0.05) is 68.8 Å². The number of carbonyl (C=O) groups excluding carboxylic acids is 2. The maximum absolute atomic E-state index is 11.9. The van der Waals surface area contributed by atoms with E-state index in [9.17, 15) is 9.59 Å². The molecule has 5 nitrogen and oxygen atoms in total. The molecule has 0 atom stereocenters. The van der Waals surface area contributed by atoms with Crippen molar-refractivity contribution in [3.8, 4) is 5.75 Å². The molecule has 0 aliphatic heterocycles. The molecule has 0 radical (unpaired) electrons. The second-order valence-electron chi connectivity index (χ2n) is 7.26. The molecule has 0 aliphatic rings. The first kappa shape index (κ1) is 20.8. The van der Waals surface area contributed by atoms with E-state index in [1.165, 1.54) is 5.56 Å². The fourth-order valence-corrected chi connectivity index (χ4v) is 2.56. The summed E-state index contributed by atoms with van der Waals surface area (Å²) in [4.78, 5) is 23.6. The first-order chi connectivity index (χ1) is 12.8. The van der Waals surface area contributed by atoms with Crippen LogP contribution in [0.3, 0.4) is 0 Å². The lowest BCUT2D eigenvalue weighted by molar-refractivity contribution is -0.130. The Bertz CT molecular complexity index is 783. The van der Waals surface area contributed by atoms with Crippen molar-refractivity contribution in [2.45, 2.75) is 39.0 Å². The summed E-state index contributed by atoms with van der Waals surface area (Å²) in [5.74, 6) is -0.307. The monoisotopic (exact) mass is 388 g/mol. The van der Waals surface area contributed by atoms with Gasteiger partial charge in [0.25, 0.3) is 5.91 Å². The molecule has 0 aromatic heterocycles. The van der Waals surface area contributed by atoms with Gasteiger partial charge in [0.2, 0.25) is 5.91 Å². The first-order valence-corrected chi connectivity index (χ1v) is 9.18. The molecule has 0 saturated carbocycles. The van der Waals surface area contributed by atoms with Gasteiger partial charge in [0.1, 0.15) is 5.75 Å². The lowest BCUT2D eigenvalue weighted by Crippen LogP contribution is -2.43. The summed E-state index contributed by atoms with van der Waals surface area (Å²) in [7, 11) is 0. The van der Waals surface area contributed by atoms with E-state index in [1.807, 2.05) is 12.1 Å². The van der Waals surface area contributed by atoms with Crippen LogP contribution in [0.4, 0.5) is 0 Å². The minimum Gasteiger partial charge on any atom is -0.482 e. The van der Waals surface area contributed by atoms with E-state index in [-0.39, 0.29) is 24.3 Å². The van der Waals surface area contributed by atoms with E-state index >= 15 is 0 Å². The number of rotatable bonds is 6. The maximum atomic E-state index is 11.9. The van der Waals surface area contributed by atoms with Crippen LogP contribution in [0.5, 0.6) is 5.75 Å². The predicted octanol–water partition coefficient (Wildman–Crippen LogP) is 3.80. The summed E-state index contributed by atoms with van der Waals surface area (Å²) < 4.78 is 5.30. The number of aryl methyl sites for hydroxylation is 1. The molecule has 0 fully saturated rings. The highest BCUT2D eigenvalue weighted by atomic mass is 35.5. The van der Waals surface area contributed by atoms with Crippen LogP contribution in [0.1, 0.15) is 38.3 Å². The third kappa shape index (κ3) is 6.94. The van der Waals surface area contributed by atoms with Crippen LogP contribution in [-0.4, -0.2) is 18.4 Å². The number of nitrogens with one attached hydrogen (secondary N) is 2. The van der Waals surface area contributed by atoms with Gasteiger partial charge in [-0.2, -0.15) is 0 Å². The van der Waals surface area contributed by atoms with E-state index < -0.39 is 5.91 Å². The number of benzene rings is 2. The Labute approximate surface area is 165 Å². The Morgan fingerprint density at radius 2 is 1.59 bits per heavy atom. The van der Waals surface area contributed by atoms with Crippen LogP contribution in [0.15, 0.2) is 48.5 Å². The van der Waals surface area contributed by atoms with Crippen LogP contribution in [0.25, 0.3) is 0 Å². The predicted molar refractivity (Wildman–Crippen MR) is 107 cm³/mol. The van der Waals surface area contributed by atoms with E-state index in [0.29, 0.717) is 17.2 Å². The molecule has 27 heavy (non-hydrogen) atoms. The van der Waals surface area contributed by atoms with Gasteiger partial charge in [-0.05, 0) is 35.1 Å². The molecule has 0 spiro atoms. The van der Waals surface area contributed by atoms with Gasteiger partial charge >= 0.3 is 0 Å². The molecule has 2 aromatic carbocycles. The number of ether oxygens (including phenoxy) is 1. The molecule has 2 aromatic rings. The molecular weight excluding hydrogens is 364 g/mol. The smallest absolute Gasteiger partial charge is 0.276 e. The Kier molecular flexibility index (Phi) is 7.25. The number of amides is 2. The fraction of sp³-hybridized carbons (Fsp3) is 0.333. The van der Waals surface area contributed by atoms with E-state index in [1.54, 1.807) is 24.3 Å². The molecule has 0 unspecified atom stereocenters. The van der Waals surface area contributed by atoms with Crippen molar-refractivity contribution >= 4 is 23.4 Å². The third-order valence-corrected chi connectivity index (χ3v) is 4.31. The third-order valence-electron chi connectivity index (χ3n) is 4.00. The van der Waals surface area contributed by atoms with Crippen LogP contribution in [0, 0.1) is 0 Å². The van der Waals surface area contributed by atoms with Crippen LogP contribution in [0.2, 0.25) is 5.02 Å². The number of hydrogen-bond acceptors (Lipinski definition) is 3. The van der Waals surface area contributed by atoms with Crippen molar-refractivity contribution < 1.29 is 14.3 Å². The summed E-state index contributed by atoms with van der Waals surface area (Å²) in [5.41, 5.74) is 7.15.